The van der Waals surface area contributed by atoms with E-state index >= 15 is 0 Å². The van der Waals surface area contributed by atoms with Crippen molar-refractivity contribution in [3.8, 4) is 0 Å². The highest BCUT2D eigenvalue weighted by Gasteiger charge is 2.23. The first kappa shape index (κ1) is 7.34. The molecule has 1 heterocycles. The Morgan fingerprint density at radius 3 is 3.00 bits per heavy atom. The fraction of sp³-hybridized carbons (Fsp3) is 1.00. The lowest BCUT2D eigenvalue weighted by atomic mass is 10.0. The van der Waals surface area contributed by atoms with Crippen LogP contribution in [0.25, 0.3) is 10.4 Å². The topological polar surface area (TPSA) is 81.0 Å². The van der Waals surface area contributed by atoms with Gasteiger partial charge in [0.05, 0.1) is 12.6 Å². The zero-order valence-electron chi connectivity index (χ0n) is 5.56. The normalized spacial score (nSPS) is 26.3. The molecule has 0 spiro atoms. The van der Waals surface area contributed by atoms with Crippen molar-refractivity contribution in [1.29, 1.82) is 0 Å². The molecule has 1 aliphatic rings. The lowest BCUT2D eigenvalue weighted by molar-refractivity contribution is 0.102. The summed E-state index contributed by atoms with van der Waals surface area (Å²) in [4.78, 5) is 2.55. The third-order valence-electron chi connectivity index (χ3n) is 1.66. The van der Waals surface area contributed by atoms with Crippen LogP contribution in [0.4, 0.5) is 0 Å². The number of rotatable bonds is 3. The molecule has 0 radical (unpaired) electrons. The minimum Gasteiger partial charge on any atom is -0.391 e. The number of nitrogens with zero attached hydrogens (tertiary/aromatic N) is 3. The summed E-state index contributed by atoms with van der Waals surface area (Å²) >= 11 is 0. The minimum absolute atomic E-state index is 0.144. The Kier molecular flexibility index (Phi) is 2.50. The number of azide groups is 1. The molecule has 0 aliphatic carbocycles. The second-order valence-electron chi connectivity index (χ2n) is 2.33. The summed E-state index contributed by atoms with van der Waals surface area (Å²) in [5, 5.41) is 15.5. The van der Waals surface area contributed by atoms with E-state index in [9.17, 15) is 5.11 Å². The number of hydrogen-bond donors (Lipinski definition) is 2. The zero-order chi connectivity index (χ0) is 7.40. The molecule has 0 aromatic carbocycles. The van der Waals surface area contributed by atoms with Gasteiger partial charge >= 0.3 is 0 Å². The highest BCUT2D eigenvalue weighted by Crippen LogP contribution is 2.07. The van der Waals surface area contributed by atoms with Crippen LogP contribution < -0.4 is 5.32 Å². The van der Waals surface area contributed by atoms with E-state index in [1.54, 1.807) is 0 Å². The van der Waals surface area contributed by atoms with Crippen molar-refractivity contribution in [2.75, 3.05) is 13.1 Å². The molecule has 56 valence electrons. The summed E-state index contributed by atoms with van der Waals surface area (Å²) in [5.74, 6) is 0. The van der Waals surface area contributed by atoms with Gasteiger partial charge in [0.2, 0.25) is 0 Å². The summed E-state index contributed by atoms with van der Waals surface area (Å²) in [7, 11) is 0. The van der Waals surface area contributed by atoms with Gasteiger partial charge in [-0.3, -0.25) is 0 Å². The highest BCUT2D eigenvalue weighted by atomic mass is 16.3. The van der Waals surface area contributed by atoms with E-state index in [-0.39, 0.29) is 12.6 Å². The molecular weight excluding hydrogens is 132 g/mol. The quantitative estimate of drug-likeness (QED) is 0.331. The fourth-order valence-corrected chi connectivity index (χ4v) is 0.887. The third-order valence-corrected chi connectivity index (χ3v) is 1.66. The summed E-state index contributed by atoms with van der Waals surface area (Å²) in [6.45, 7) is 1.13. The van der Waals surface area contributed by atoms with Crippen LogP contribution in [0.15, 0.2) is 5.11 Å². The Labute approximate surface area is 58.7 Å². The van der Waals surface area contributed by atoms with Crippen molar-refractivity contribution in [3.63, 3.8) is 0 Å². The molecule has 10 heavy (non-hydrogen) atoms. The van der Waals surface area contributed by atoms with Crippen LogP contribution in [0.5, 0.6) is 0 Å². The standard InChI is InChI=1S/C5H10N4O/c6-9-8-3-5(10)4-1-2-7-4/h4-5,7,10H,1-3H2/t4-,5+/m1/s1. The summed E-state index contributed by atoms with van der Waals surface area (Å²) < 4.78 is 0. The minimum atomic E-state index is -0.510. The second-order valence-corrected chi connectivity index (χ2v) is 2.33. The molecule has 5 nitrogen and oxygen atoms in total. The van der Waals surface area contributed by atoms with E-state index in [0.29, 0.717) is 0 Å². The molecule has 0 aromatic rings. The maximum Gasteiger partial charge on any atom is 0.0749 e. The molecule has 1 aliphatic heterocycles. The highest BCUT2D eigenvalue weighted by molar-refractivity contribution is 4.85. The van der Waals surface area contributed by atoms with Gasteiger partial charge in [-0.2, -0.15) is 0 Å². The molecule has 0 amide bonds. The first-order valence-corrected chi connectivity index (χ1v) is 3.27. The van der Waals surface area contributed by atoms with Gasteiger partial charge in [0.1, 0.15) is 0 Å². The van der Waals surface area contributed by atoms with E-state index in [1.165, 1.54) is 0 Å². The van der Waals surface area contributed by atoms with E-state index in [2.05, 4.69) is 15.3 Å². The molecule has 0 bridgehead atoms. The van der Waals surface area contributed by atoms with Gasteiger partial charge < -0.3 is 10.4 Å². The van der Waals surface area contributed by atoms with Crippen LogP contribution in [-0.2, 0) is 0 Å². The van der Waals surface area contributed by atoms with Gasteiger partial charge in [-0.15, -0.1) is 0 Å². The Balaban J connectivity index is 2.19. The molecule has 5 heteroatoms. The van der Waals surface area contributed by atoms with Crippen LogP contribution in [-0.4, -0.2) is 30.3 Å². The average Bonchev–Trinajstić information content (AvgIpc) is 1.79. The number of aliphatic hydroxyl groups excluding tert-OH is 1. The van der Waals surface area contributed by atoms with Crippen LogP contribution in [0.1, 0.15) is 6.42 Å². The monoisotopic (exact) mass is 142 g/mol. The van der Waals surface area contributed by atoms with E-state index in [4.69, 9.17) is 5.53 Å². The smallest absolute Gasteiger partial charge is 0.0749 e. The predicted octanol–water partition coefficient (Wildman–Crippen LogP) is 0.0195. The molecule has 0 saturated carbocycles. The largest absolute Gasteiger partial charge is 0.391 e. The number of hydrogen-bond acceptors (Lipinski definition) is 3. The maximum absolute atomic E-state index is 9.17. The molecule has 2 N–H and O–H groups in total. The van der Waals surface area contributed by atoms with Gasteiger partial charge in [0, 0.05) is 11.0 Å². The van der Waals surface area contributed by atoms with Gasteiger partial charge in [-0.25, -0.2) is 0 Å². The Morgan fingerprint density at radius 1 is 1.90 bits per heavy atom. The van der Waals surface area contributed by atoms with Crippen molar-refractivity contribution in [3.05, 3.63) is 10.4 Å². The van der Waals surface area contributed by atoms with E-state index in [1.807, 2.05) is 0 Å². The molecule has 2 atom stereocenters. The second kappa shape index (κ2) is 3.41. The van der Waals surface area contributed by atoms with E-state index < -0.39 is 6.10 Å². The van der Waals surface area contributed by atoms with Gasteiger partial charge in [0.15, 0.2) is 0 Å². The molecule has 0 aromatic heterocycles. The maximum atomic E-state index is 9.17. The molecular formula is C5H10N4O. The van der Waals surface area contributed by atoms with E-state index in [0.717, 1.165) is 13.0 Å². The summed E-state index contributed by atoms with van der Waals surface area (Å²) in [6.07, 6.45) is 0.465. The van der Waals surface area contributed by atoms with Crippen LogP contribution >= 0.6 is 0 Å². The van der Waals surface area contributed by atoms with Crippen molar-refractivity contribution >= 4 is 0 Å². The molecule has 0 unspecified atom stereocenters. The third kappa shape index (κ3) is 1.60. The van der Waals surface area contributed by atoms with Crippen LogP contribution in [0.2, 0.25) is 0 Å². The fourth-order valence-electron chi connectivity index (χ4n) is 0.887. The zero-order valence-corrected chi connectivity index (χ0v) is 5.56. The average molecular weight is 142 g/mol. The molecule has 1 rings (SSSR count). The number of nitrogens with one attached hydrogen (secondary N) is 1. The first-order valence-electron chi connectivity index (χ1n) is 3.27. The van der Waals surface area contributed by atoms with Gasteiger partial charge in [-0.05, 0) is 18.5 Å². The lowest BCUT2D eigenvalue weighted by Gasteiger charge is -2.31. The lowest BCUT2D eigenvalue weighted by Crippen LogP contribution is -2.51. The van der Waals surface area contributed by atoms with Crippen molar-refractivity contribution in [2.24, 2.45) is 5.11 Å². The Bertz CT molecular complexity index is 150. The summed E-state index contributed by atoms with van der Waals surface area (Å²) in [6, 6.07) is 0.144. The SMILES string of the molecule is [N-]=[N+]=NC[C@H](O)[C@H]1CCN1. The first-order chi connectivity index (χ1) is 4.84. The van der Waals surface area contributed by atoms with Crippen molar-refractivity contribution in [1.82, 2.24) is 5.32 Å². The van der Waals surface area contributed by atoms with Crippen LogP contribution in [0.3, 0.4) is 0 Å². The Hall–Kier alpha value is -0.770. The Morgan fingerprint density at radius 2 is 2.60 bits per heavy atom. The predicted molar refractivity (Wildman–Crippen MR) is 36.4 cm³/mol. The number of aliphatic hydroxyl groups is 1. The van der Waals surface area contributed by atoms with Gasteiger partial charge in [0.25, 0.3) is 0 Å². The van der Waals surface area contributed by atoms with Crippen LogP contribution in [0, 0.1) is 0 Å². The van der Waals surface area contributed by atoms with Crippen molar-refractivity contribution in [2.45, 2.75) is 18.6 Å². The summed E-state index contributed by atoms with van der Waals surface area (Å²) in [5.41, 5.74) is 7.91. The molecule has 1 fully saturated rings. The molecule has 1 saturated heterocycles. The van der Waals surface area contributed by atoms with Crippen molar-refractivity contribution < 1.29 is 5.11 Å². The van der Waals surface area contributed by atoms with Gasteiger partial charge in [-0.1, -0.05) is 5.11 Å².